The summed E-state index contributed by atoms with van der Waals surface area (Å²) in [6.45, 7) is 1.53. The van der Waals surface area contributed by atoms with Crippen molar-refractivity contribution in [1.82, 2.24) is 10.2 Å². The Hall–Kier alpha value is -1.66. The fourth-order valence-corrected chi connectivity index (χ4v) is 3.60. The maximum atomic E-state index is 12.2. The number of rotatable bonds is 5. The number of carbonyl (C=O) groups excluding carboxylic acids is 1. The summed E-state index contributed by atoms with van der Waals surface area (Å²) in [5, 5.41) is 2.91. The van der Waals surface area contributed by atoms with Crippen LogP contribution in [0.1, 0.15) is 16.8 Å². The highest BCUT2D eigenvalue weighted by molar-refractivity contribution is 7.97. The van der Waals surface area contributed by atoms with Crippen molar-refractivity contribution in [3.63, 3.8) is 0 Å². The highest BCUT2D eigenvalue weighted by Gasteiger charge is 2.38. The summed E-state index contributed by atoms with van der Waals surface area (Å²) in [4.78, 5) is 14.1. The fourth-order valence-electron chi connectivity index (χ4n) is 2.07. The van der Waals surface area contributed by atoms with Crippen molar-refractivity contribution in [2.45, 2.75) is 11.3 Å². The third-order valence-corrected chi connectivity index (χ3v) is 4.91. The molecule has 0 amide bonds. The van der Waals surface area contributed by atoms with Gasteiger partial charge in [-0.25, -0.2) is 8.42 Å². The van der Waals surface area contributed by atoms with Crippen LogP contribution in [0, 0.1) is 0 Å². The number of ketones is 1. The lowest BCUT2D eigenvalue weighted by molar-refractivity contribution is 0.104. The third-order valence-electron chi connectivity index (χ3n) is 3.09. The van der Waals surface area contributed by atoms with E-state index in [4.69, 9.17) is 0 Å². The number of hydrogen-bond donors (Lipinski definition) is 1. The monoisotopic (exact) mass is 294 g/mol. The van der Waals surface area contributed by atoms with Gasteiger partial charge < -0.3 is 10.2 Å². The molecule has 1 aromatic carbocycles. The second-order valence-electron chi connectivity index (χ2n) is 4.95. The number of allylic oxidation sites excluding steroid dienone is 1. The Morgan fingerprint density at radius 1 is 1.25 bits per heavy atom. The lowest BCUT2D eigenvalue weighted by atomic mass is 10.1. The average Bonchev–Trinajstić information content (AvgIpc) is 2.59. The smallest absolute Gasteiger partial charge is 0.212 e. The van der Waals surface area contributed by atoms with E-state index in [1.165, 1.54) is 12.3 Å². The van der Waals surface area contributed by atoms with Crippen LogP contribution in [0.15, 0.2) is 40.3 Å². The zero-order chi connectivity index (χ0) is 14.8. The van der Waals surface area contributed by atoms with Gasteiger partial charge in [0, 0.05) is 18.3 Å². The summed E-state index contributed by atoms with van der Waals surface area (Å²) < 4.78 is 24.5. The molecule has 0 fully saturated rings. The van der Waals surface area contributed by atoms with Crippen LogP contribution in [0.4, 0.5) is 0 Å². The van der Waals surface area contributed by atoms with Crippen molar-refractivity contribution in [2.24, 2.45) is 0 Å². The van der Waals surface area contributed by atoms with Gasteiger partial charge in [-0.1, -0.05) is 12.1 Å². The number of sulfone groups is 1. The Morgan fingerprint density at radius 3 is 2.60 bits per heavy atom. The van der Waals surface area contributed by atoms with Gasteiger partial charge in [0.2, 0.25) is 15.6 Å². The van der Waals surface area contributed by atoms with Gasteiger partial charge >= 0.3 is 0 Å². The number of nitrogens with zero attached hydrogens (tertiary/aromatic N) is 1. The van der Waals surface area contributed by atoms with Crippen molar-refractivity contribution >= 4 is 15.6 Å². The molecule has 0 atom stereocenters. The van der Waals surface area contributed by atoms with Crippen molar-refractivity contribution < 1.29 is 13.2 Å². The minimum absolute atomic E-state index is 0.103. The Morgan fingerprint density at radius 2 is 1.95 bits per heavy atom. The van der Waals surface area contributed by atoms with Crippen LogP contribution in [0.25, 0.3) is 0 Å². The first-order valence-electron chi connectivity index (χ1n) is 6.41. The molecule has 0 saturated heterocycles. The predicted octanol–water partition coefficient (Wildman–Crippen LogP) is 1.04. The fraction of sp³-hybridized carbons (Fsp3) is 0.357. The van der Waals surface area contributed by atoms with E-state index in [-0.39, 0.29) is 15.4 Å². The number of benzene rings is 1. The second-order valence-corrected chi connectivity index (χ2v) is 6.83. The first kappa shape index (κ1) is 14.7. The van der Waals surface area contributed by atoms with Gasteiger partial charge in [-0.15, -0.1) is 0 Å². The van der Waals surface area contributed by atoms with E-state index in [0.717, 1.165) is 13.0 Å². The molecule has 2 rings (SSSR count). The average molecular weight is 294 g/mol. The molecule has 1 aliphatic heterocycles. The molecule has 0 radical (unpaired) electrons. The van der Waals surface area contributed by atoms with Gasteiger partial charge in [0.05, 0.1) is 4.90 Å². The highest BCUT2D eigenvalue weighted by Crippen LogP contribution is 2.33. The molecule has 6 heteroatoms. The summed E-state index contributed by atoms with van der Waals surface area (Å²) in [5.41, 5.74) is 0.258. The second kappa shape index (κ2) is 5.76. The number of Topliss-reactive ketones (excluding diaryl/α,β-unsaturated/α-hetero) is 1. The minimum Gasteiger partial charge on any atom is -0.390 e. The quantitative estimate of drug-likeness (QED) is 0.649. The van der Waals surface area contributed by atoms with Crippen LogP contribution in [0.5, 0.6) is 0 Å². The van der Waals surface area contributed by atoms with Gasteiger partial charge in [0.15, 0.2) is 0 Å². The van der Waals surface area contributed by atoms with E-state index in [9.17, 15) is 13.2 Å². The Balaban J connectivity index is 2.13. The molecule has 1 heterocycles. The Bertz CT molecular complexity index is 648. The molecule has 0 bridgehead atoms. The van der Waals surface area contributed by atoms with Crippen molar-refractivity contribution in [2.75, 3.05) is 27.2 Å². The van der Waals surface area contributed by atoms with E-state index >= 15 is 0 Å². The Labute approximate surface area is 119 Å². The molecule has 20 heavy (non-hydrogen) atoms. The molecule has 0 saturated carbocycles. The molecular weight excluding hydrogens is 276 g/mol. The number of nitrogens with one attached hydrogen (secondary N) is 1. The summed E-state index contributed by atoms with van der Waals surface area (Å²) in [5.74, 6) is -0.430. The first-order valence-corrected chi connectivity index (χ1v) is 7.90. The lowest BCUT2D eigenvalue weighted by Gasteiger charge is -2.08. The molecular formula is C14H18N2O3S. The van der Waals surface area contributed by atoms with Gasteiger partial charge in [-0.05, 0) is 39.2 Å². The molecule has 0 unspecified atom stereocenters. The van der Waals surface area contributed by atoms with Crippen LogP contribution >= 0.6 is 0 Å². The van der Waals surface area contributed by atoms with E-state index in [1.807, 2.05) is 19.0 Å². The molecule has 108 valence electrons. The third kappa shape index (κ3) is 2.76. The molecule has 0 spiro atoms. The van der Waals surface area contributed by atoms with Crippen LogP contribution in [0.2, 0.25) is 0 Å². The number of fused-ring (bicyclic) bond motifs is 1. The Kier molecular flexibility index (Phi) is 4.25. The maximum absolute atomic E-state index is 12.2. The lowest BCUT2D eigenvalue weighted by Crippen LogP contribution is -2.19. The molecule has 0 aliphatic carbocycles. The van der Waals surface area contributed by atoms with Crippen LogP contribution < -0.4 is 5.32 Å². The molecule has 5 nitrogen and oxygen atoms in total. The maximum Gasteiger partial charge on any atom is 0.212 e. The van der Waals surface area contributed by atoms with Gasteiger partial charge in [-0.3, -0.25) is 4.79 Å². The zero-order valence-corrected chi connectivity index (χ0v) is 12.4. The van der Waals surface area contributed by atoms with Crippen LogP contribution in [-0.2, 0) is 9.84 Å². The summed E-state index contributed by atoms with van der Waals surface area (Å²) in [6, 6.07) is 6.30. The van der Waals surface area contributed by atoms with E-state index in [2.05, 4.69) is 5.32 Å². The largest absolute Gasteiger partial charge is 0.390 e. The predicted molar refractivity (Wildman–Crippen MR) is 77.2 cm³/mol. The SMILES string of the molecule is CN(C)CCCN/C=C1\C(=O)c2ccccc2S1(=O)=O. The summed E-state index contributed by atoms with van der Waals surface area (Å²) in [6.07, 6.45) is 2.20. The van der Waals surface area contributed by atoms with E-state index in [1.54, 1.807) is 18.2 Å². The molecule has 0 aromatic heterocycles. The van der Waals surface area contributed by atoms with Crippen molar-refractivity contribution in [3.05, 3.63) is 40.9 Å². The minimum atomic E-state index is -3.66. The van der Waals surface area contributed by atoms with E-state index < -0.39 is 15.6 Å². The normalized spacial score (nSPS) is 18.6. The van der Waals surface area contributed by atoms with Crippen molar-refractivity contribution in [3.8, 4) is 0 Å². The molecule has 1 aromatic rings. The van der Waals surface area contributed by atoms with Crippen molar-refractivity contribution in [1.29, 1.82) is 0 Å². The van der Waals surface area contributed by atoms with Crippen LogP contribution in [-0.4, -0.2) is 46.3 Å². The zero-order valence-electron chi connectivity index (χ0n) is 11.6. The summed E-state index contributed by atoms with van der Waals surface area (Å²) >= 11 is 0. The summed E-state index contributed by atoms with van der Waals surface area (Å²) in [7, 11) is 0.284. The first-order chi connectivity index (χ1) is 9.44. The van der Waals surface area contributed by atoms with Gasteiger partial charge in [0.1, 0.15) is 4.91 Å². The number of hydrogen-bond acceptors (Lipinski definition) is 5. The van der Waals surface area contributed by atoms with Gasteiger partial charge in [-0.2, -0.15) is 0 Å². The van der Waals surface area contributed by atoms with Crippen LogP contribution in [0.3, 0.4) is 0 Å². The topological polar surface area (TPSA) is 66.5 Å². The van der Waals surface area contributed by atoms with E-state index in [0.29, 0.717) is 6.54 Å². The highest BCUT2D eigenvalue weighted by atomic mass is 32.2. The molecule has 1 aliphatic rings. The molecule has 1 N–H and O–H groups in total. The number of carbonyl (C=O) groups is 1. The van der Waals surface area contributed by atoms with Gasteiger partial charge in [0.25, 0.3) is 0 Å². The standard InChI is InChI=1S/C14H18N2O3S/c1-16(2)9-5-8-15-10-13-14(17)11-6-3-4-7-12(11)20(13,18)19/h3-4,6-7,10,15H,5,8-9H2,1-2H3/b13-10+.